The number of Topliss-reactive ketones (excluding diaryl/α,β-unsaturated/α-hetero) is 4. The van der Waals surface area contributed by atoms with Gasteiger partial charge in [0.25, 0.3) is 50.0 Å². The normalized spacial score (nSPS) is 11.0. The van der Waals surface area contributed by atoms with Crippen LogP contribution < -0.4 is 0 Å². The molecule has 0 spiro atoms. The zero-order chi connectivity index (χ0) is 71.9. The molecule has 0 bridgehead atoms. The summed E-state index contributed by atoms with van der Waals surface area (Å²) in [6, 6.07) is 0. The molecule has 54 heteroatoms. The van der Waals surface area contributed by atoms with Crippen LogP contribution in [0, 0.1) is 0 Å². The summed E-state index contributed by atoms with van der Waals surface area (Å²) in [6.07, 6.45) is 0. The van der Waals surface area contributed by atoms with Gasteiger partial charge in [0.15, 0.2) is 23.1 Å². The SMILES string of the molecule is CC(=O)C(OC=O)(C([NH-])=O)C(=O)O.CC(=O)C(OC=O)(C([NH-])=O)C(=O)O.CC(=O)C(OC=O)(C([NH-])=O)C(=O)O.CC(=O)C(OC=O)(C([NH-])=O)C(=O)O.C[NH-].C[NH-].C[NH-].C[NH-].[NH-]C(=O)C(OC=O)(C([NH-])=O)C(=O)O.[NH-]C(=O)C(OC=O)(C([NH-])=O)C(=O)O.[W+2].[W+2].[W+2].[Y].[Y].[Y]. The van der Waals surface area contributed by atoms with E-state index in [4.69, 9.17) is 99.4 Å². The summed E-state index contributed by atoms with van der Waals surface area (Å²) in [5, 5.41) is 50.5. The van der Waals surface area contributed by atoms with Crippen molar-refractivity contribution >= 4 is 145 Å². The first-order chi connectivity index (χ1) is 39.3. The average Bonchev–Trinajstić information content (AvgIpc) is 3.40. The summed E-state index contributed by atoms with van der Waals surface area (Å²) in [6.45, 7) is 0.566. The molecule has 0 saturated heterocycles. The fourth-order valence-corrected chi connectivity index (χ4v) is 3.72. The second kappa shape index (κ2) is 64.4. The molecule has 48 nitrogen and oxygen atoms in total. The van der Waals surface area contributed by atoms with Crippen molar-refractivity contribution in [2.75, 3.05) is 28.2 Å². The number of carbonyl (C=O) groups excluding carboxylic acids is 18. The molecule has 0 aliphatic rings. The molecule has 4 atom stereocenters. The summed E-state index contributed by atoms with van der Waals surface area (Å²) < 4.78 is 22.7. The van der Waals surface area contributed by atoms with Crippen molar-refractivity contribution in [2.45, 2.75) is 61.3 Å². The number of carboxylic acids is 6. The molecule has 0 heterocycles. The second-order valence-electron chi connectivity index (χ2n) is 12.1. The van der Waals surface area contributed by atoms with E-state index in [1.807, 2.05) is 0 Å². The van der Waals surface area contributed by atoms with Crippen molar-refractivity contribution in [3.8, 4) is 0 Å². The number of hydrogen-bond donors (Lipinski definition) is 6. The number of carbonyl (C=O) groups is 24. The molecule has 4 unspecified atom stereocenters. The number of nitrogens with one attached hydrogen (secondary N) is 12. The van der Waals surface area contributed by atoms with Crippen molar-refractivity contribution in [3.05, 3.63) is 68.8 Å². The fraction of sp³-hybridized carbons (Fsp3) is 0.368. The van der Waals surface area contributed by atoms with E-state index in [1.165, 1.54) is 28.2 Å². The van der Waals surface area contributed by atoms with Gasteiger partial charge in [0.2, 0.25) is 0 Å². The van der Waals surface area contributed by atoms with Gasteiger partial charge in [-0.3, -0.25) is 47.9 Å². The van der Waals surface area contributed by atoms with Crippen molar-refractivity contribution in [3.63, 3.8) is 0 Å². The van der Waals surface area contributed by atoms with Crippen molar-refractivity contribution in [1.82, 2.24) is 0 Å². The van der Waals surface area contributed by atoms with E-state index in [9.17, 15) is 115 Å². The predicted molar refractivity (Wildman–Crippen MR) is 263 cm³/mol. The first-order valence-electron chi connectivity index (χ1n) is 19.6. The van der Waals surface area contributed by atoms with Gasteiger partial charge in [-0.15, -0.1) is 0 Å². The summed E-state index contributed by atoms with van der Waals surface area (Å²) >= 11 is 0. The van der Waals surface area contributed by atoms with E-state index in [-0.39, 0.29) is 187 Å². The van der Waals surface area contributed by atoms with Crippen LogP contribution in [0.5, 0.6) is 0 Å². The summed E-state index contributed by atoms with van der Waals surface area (Å²) in [7, 11) is 5.00. The number of rotatable bonds is 30. The molecule has 0 aromatic carbocycles. The number of ketones is 4. The number of carboxylic acid groups (broad SMARTS) is 6. The minimum absolute atomic E-state index is 0. The molecule has 3 radical (unpaired) electrons. The average molecular weight is 2070 g/mol. The molecule has 18 N–H and O–H groups in total. The molecule has 0 fully saturated rings. The molecule has 0 aromatic rings. The Balaban J connectivity index is -0.0000000519. The third-order valence-corrected chi connectivity index (χ3v) is 7.70. The Hall–Kier alpha value is -6.70. The van der Waals surface area contributed by atoms with E-state index in [0.29, 0.717) is 0 Å². The standard InChI is InChI=1S/4C6H7NO6.2C5H6N2O6.4CH4N.3W.3Y/c4*1-3(9)6(4(7)10,5(11)12)13-2-8;2*6-2(9)5(3(7)10,4(11)12)13-1-8;4*1-2;;;;;;/h4*2H,1H3,(H3,7,10,11,12);2*1H,(H5,6,7,9,10,11,12);4*2H,1H3;;;;;;/q;;;;;;4*-1;3*+2;;;/p-8. The van der Waals surface area contributed by atoms with Gasteiger partial charge >= 0.3 is 121 Å². The third kappa shape index (κ3) is 35.9. The van der Waals surface area contributed by atoms with Gasteiger partial charge in [-0.2, -0.15) is 28.2 Å². The maximum atomic E-state index is 10.7. The molecule has 0 aromatic heterocycles. The Labute approximate surface area is 632 Å². The molecule has 0 saturated carbocycles. The van der Waals surface area contributed by atoms with Gasteiger partial charge in [0.1, 0.15) is 47.3 Å². The van der Waals surface area contributed by atoms with Crippen LogP contribution in [-0.4, -0.2) is 237 Å². The summed E-state index contributed by atoms with van der Waals surface area (Å²) in [5.41, 5.74) is 56.0. The molecule has 8 amide bonds. The zero-order valence-corrected chi connectivity index (χ0v) is 64.7. The zero-order valence-electron chi connectivity index (χ0n) is 47.4. The molecular formula is C38H48N12O36W3Y3-6. The third-order valence-electron chi connectivity index (χ3n) is 7.70. The number of amides is 8. The summed E-state index contributed by atoms with van der Waals surface area (Å²) in [4.78, 5) is 248. The summed E-state index contributed by atoms with van der Waals surface area (Å²) in [5.74, 6) is -32.3. The number of ether oxygens (including phenoxy) is 6. The number of aliphatic carboxylic acids is 6. The van der Waals surface area contributed by atoms with Crippen LogP contribution >= 0.6 is 0 Å². The van der Waals surface area contributed by atoms with E-state index in [1.54, 1.807) is 0 Å². The first-order valence-corrected chi connectivity index (χ1v) is 19.6. The quantitative estimate of drug-likeness (QED) is 0.0247. The van der Waals surface area contributed by atoms with Gasteiger partial charge in [-0.25, -0.2) is 28.8 Å². The minimum atomic E-state index is -3.35. The van der Waals surface area contributed by atoms with Gasteiger partial charge in [0, 0.05) is 98.1 Å². The Morgan fingerprint density at radius 3 is 0.337 bits per heavy atom. The van der Waals surface area contributed by atoms with Crippen molar-refractivity contribution in [1.29, 1.82) is 0 Å². The van der Waals surface area contributed by atoms with E-state index in [0.717, 1.165) is 27.7 Å². The maximum absolute atomic E-state index is 10.7. The monoisotopic (exact) mass is 2070 g/mol. The van der Waals surface area contributed by atoms with Gasteiger partial charge in [-0.1, -0.05) is 0 Å². The van der Waals surface area contributed by atoms with Crippen LogP contribution in [0.2, 0.25) is 0 Å². The smallest absolute Gasteiger partial charge is 0.680 e. The molecular weight excluding hydrogens is 2020 g/mol. The predicted octanol–water partition coefficient (Wildman–Crippen LogP) is -2.46. The Morgan fingerprint density at radius 1 is 0.239 bits per heavy atom. The maximum Gasteiger partial charge on any atom is 2.00 e. The van der Waals surface area contributed by atoms with Crippen LogP contribution in [0.15, 0.2) is 0 Å². The van der Waals surface area contributed by atoms with E-state index >= 15 is 0 Å². The number of hydrogen-bond acceptors (Lipinski definition) is 30. The fourth-order valence-electron chi connectivity index (χ4n) is 3.72. The molecule has 509 valence electrons. The van der Waals surface area contributed by atoms with Gasteiger partial charge in [0.05, 0.1) is 0 Å². The Kier molecular flexibility index (Phi) is 88.4. The molecule has 92 heavy (non-hydrogen) atoms. The van der Waals surface area contributed by atoms with Gasteiger partial charge in [-0.05, 0) is 27.7 Å². The Morgan fingerprint density at radius 2 is 0.315 bits per heavy atom. The molecule has 0 aliphatic carbocycles. The minimum Gasteiger partial charge on any atom is -0.680 e. The molecule has 0 rings (SSSR count). The van der Waals surface area contributed by atoms with Gasteiger partial charge < -0.3 is 166 Å². The largest absolute Gasteiger partial charge is 2.00 e. The van der Waals surface area contributed by atoms with Crippen LogP contribution in [0.4, 0.5) is 0 Å². The van der Waals surface area contributed by atoms with Crippen LogP contribution in [0.1, 0.15) is 27.7 Å². The Bertz CT molecular complexity index is 1900. The second-order valence-corrected chi connectivity index (χ2v) is 12.1. The van der Waals surface area contributed by atoms with E-state index < -0.39 is 153 Å². The first kappa shape index (κ1) is 126. The van der Waals surface area contributed by atoms with Crippen molar-refractivity contribution in [2.24, 2.45) is 0 Å². The van der Waals surface area contributed by atoms with Crippen LogP contribution in [0.25, 0.3) is 68.8 Å². The van der Waals surface area contributed by atoms with Crippen molar-refractivity contribution < 1.29 is 335 Å². The topological polar surface area (TPSA) is 872 Å². The van der Waals surface area contributed by atoms with Crippen LogP contribution in [-0.2, 0) is 305 Å². The van der Waals surface area contributed by atoms with E-state index in [2.05, 4.69) is 28.4 Å². The van der Waals surface area contributed by atoms with Crippen LogP contribution in [0.3, 0.4) is 0 Å². The molecule has 0 aliphatic heterocycles.